The zero-order valence-electron chi connectivity index (χ0n) is 12.4. The summed E-state index contributed by atoms with van der Waals surface area (Å²) in [5, 5.41) is 23.2. The summed E-state index contributed by atoms with van der Waals surface area (Å²) < 4.78 is 0. The zero-order valence-corrected chi connectivity index (χ0v) is 12.4. The Bertz CT molecular complexity index is 543. The number of hydrogen-bond donors (Lipinski definition) is 3. The van der Waals surface area contributed by atoms with Crippen LogP contribution in [-0.4, -0.2) is 28.6 Å². The molecule has 0 spiro atoms. The van der Waals surface area contributed by atoms with Crippen LogP contribution >= 0.6 is 0 Å². The summed E-state index contributed by atoms with van der Waals surface area (Å²) >= 11 is 0. The van der Waals surface area contributed by atoms with Crippen molar-refractivity contribution in [2.24, 2.45) is 5.92 Å². The van der Waals surface area contributed by atoms with E-state index in [0.29, 0.717) is 17.9 Å². The molecule has 0 aliphatic carbocycles. The van der Waals surface area contributed by atoms with Crippen LogP contribution in [0, 0.1) is 23.0 Å². The van der Waals surface area contributed by atoms with E-state index in [4.69, 9.17) is 5.73 Å². The SMILES string of the molecule is Cc1cc(C(=O)NCC(O)CC(C)C)c(N)c([N+](=O)[O-])c1. The minimum absolute atomic E-state index is 0.0541. The van der Waals surface area contributed by atoms with Crippen LogP contribution in [0.15, 0.2) is 12.1 Å². The van der Waals surface area contributed by atoms with Gasteiger partial charge in [-0.3, -0.25) is 14.9 Å². The molecule has 0 bridgehead atoms. The minimum atomic E-state index is -0.657. The number of nitro groups is 1. The summed E-state index contributed by atoms with van der Waals surface area (Å²) in [6.45, 7) is 5.66. The fourth-order valence-electron chi connectivity index (χ4n) is 2.05. The zero-order chi connectivity index (χ0) is 16.2. The van der Waals surface area contributed by atoms with Gasteiger partial charge in [-0.2, -0.15) is 0 Å². The van der Waals surface area contributed by atoms with Gasteiger partial charge >= 0.3 is 0 Å². The number of nitrogens with zero attached hydrogens (tertiary/aromatic N) is 1. The molecule has 7 heteroatoms. The fraction of sp³-hybridized carbons (Fsp3) is 0.500. The highest BCUT2D eigenvalue weighted by Crippen LogP contribution is 2.26. The summed E-state index contributed by atoms with van der Waals surface area (Å²) in [4.78, 5) is 22.3. The Kier molecular flexibility index (Phi) is 5.66. The highest BCUT2D eigenvalue weighted by Gasteiger charge is 2.21. The van der Waals surface area contributed by atoms with Gasteiger partial charge in [0.2, 0.25) is 0 Å². The molecule has 1 aromatic rings. The van der Waals surface area contributed by atoms with Crippen molar-refractivity contribution in [1.82, 2.24) is 5.32 Å². The Morgan fingerprint density at radius 1 is 1.48 bits per heavy atom. The van der Waals surface area contributed by atoms with Crippen LogP contribution in [-0.2, 0) is 0 Å². The number of rotatable bonds is 6. The molecule has 116 valence electrons. The highest BCUT2D eigenvalue weighted by molar-refractivity contribution is 6.01. The van der Waals surface area contributed by atoms with Crippen LogP contribution < -0.4 is 11.1 Å². The first-order valence-corrected chi connectivity index (χ1v) is 6.73. The van der Waals surface area contributed by atoms with Crippen molar-refractivity contribution in [3.8, 4) is 0 Å². The third-order valence-corrected chi connectivity index (χ3v) is 2.99. The number of hydrogen-bond acceptors (Lipinski definition) is 5. The number of carbonyl (C=O) groups excluding carboxylic acids is 1. The van der Waals surface area contributed by atoms with E-state index < -0.39 is 16.9 Å². The van der Waals surface area contributed by atoms with E-state index in [1.54, 1.807) is 6.92 Å². The lowest BCUT2D eigenvalue weighted by molar-refractivity contribution is -0.384. The molecule has 7 nitrogen and oxygen atoms in total. The quantitative estimate of drug-likeness (QED) is 0.418. The normalized spacial score (nSPS) is 12.2. The minimum Gasteiger partial charge on any atom is -0.393 e. The van der Waals surface area contributed by atoms with Crippen molar-refractivity contribution in [1.29, 1.82) is 0 Å². The van der Waals surface area contributed by atoms with Crippen molar-refractivity contribution < 1.29 is 14.8 Å². The van der Waals surface area contributed by atoms with Crippen molar-refractivity contribution in [2.75, 3.05) is 12.3 Å². The maximum absolute atomic E-state index is 12.1. The predicted molar refractivity (Wildman–Crippen MR) is 80.0 cm³/mol. The smallest absolute Gasteiger partial charge is 0.293 e. The summed E-state index contributed by atoms with van der Waals surface area (Å²) in [6, 6.07) is 2.81. The predicted octanol–water partition coefficient (Wildman–Crippen LogP) is 1.62. The first kappa shape index (κ1) is 16.9. The number of nitrogens with two attached hydrogens (primary N) is 1. The van der Waals surface area contributed by atoms with Gasteiger partial charge in [0.25, 0.3) is 11.6 Å². The van der Waals surface area contributed by atoms with Gasteiger partial charge in [0, 0.05) is 12.6 Å². The Labute approximate surface area is 123 Å². The van der Waals surface area contributed by atoms with Crippen molar-refractivity contribution in [3.05, 3.63) is 33.4 Å². The van der Waals surface area contributed by atoms with E-state index >= 15 is 0 Å². The molecular weight excluding hydrogens is 274 g/mol. The van der Waals surface area contributed by atoms with Crippen LogP contribution in [0.4, 0.5) is 11.4 Å². The molecule has 0 radical (unpaired) electrons. The summed E-state index contributed by atoms with van der Waals surface area (Å²) in [5.41, 5.74) is 5.85. The lowest BCUT2D eigenvalue weighted by Gasteiger charge is -2.14. The van der Waals surface area contributed by atoms with Crippen LogP contribution in [0.25, 0.3) is 0 Å². The van der Waals surface area contributed by atoms with Gasteiger partial charge in [0.05, 0.1) is 16.6 Å². The molecule has 0 saturated heterocycles. The van der Waals surface area contributed by atoms with Gasteiger partial charge in [-0.25, -0.2) is 0 Å². The van der Waals surface area contributed by atoms with Gasteiger partial charge < -0.3 is 16.2 Å². The summed E-state index contributed by atoms with van der Waals surface area (Å²) in [5.74, 6) is -0.218. The lowest BCUT2D eigenvalue weighted by Crippen LogP contribution is -2.33. The summed E-state index contributed by atoms with van der Waals surface area (Å²) in [6.07, 6.45) is -0.0982. The molecule has 4 N–H and O–H groups in total. The first-order chi connectivity index (χ1) is 9.72. The molecule has 21 heavy (non-hydrogen) atoms. The second-order valence-corrected chi connectivity index (χ2v) is 5.50. The second-order valence-electron chi connectivity index (χ2n) is 5.50. The second kappa shape index (κ2) is 7.03. The van der Waals surface area contributed by atoms with Crippen LogP contribution in [0.1, 0.15) is 36.2 Å². The molecule has 1 atom stereocenters. The van der Waals surface area contributed by atoms with Gasteiger partial charge in [0.15, 0.2) is 0 Å². The van der Waals surface area contributed by atoms with E-state index in [1.807, 2.05) is 13.8 Å². The number of aryl methyl sites for hydroxylation is 1. The lowest BCUT2D eigenvalue weighted by atomic mass is 10.0. The van der Waals surface area contributed by atoms with E-state index in [1.165, 1.54) is 12.1 Å². The van der Waals surface area contributed by atoms with Crippen LogP contribution in [0.3, 0.4) is 0 Å². The van der Waals surface area contributed by atoms with Crippen molar-refractivity contribution >= 4 is 17.3 Å². The number of anilines is 1. The summed E-state index contributed by atoms with van der Waals surface area (Å²) in [7, 11) is 0. The largest absolute Gasteiger partial charge is 0.393 e. The molecule has 0 fully saturated rings. The van der Waals surface area contributed by atoms with Gasteiger partial charge in [0.1, 0.15) is 5.69 Å². The number of nitro benzene ring substituents is 1. The Balaban J connectivity index is 2.86. The third kappa shape index (κ3) is 4.71. The first-order valence-electron chi connectivity index (χ1n) is 6.73. The molecule has 0 saturated carbocycles. The maximum atomic E-state index is 12.1. The standard InChI is InChI=1S/C14H21N3O4/c1-8(2)4-10(18)7-16-14(19)11-5-9(3)6-12(13(11)15)17(20)21/h5-6,8,10,18H,4,7,15H2,1-3H3,(H,16,19). The molecule has 1 aromatic carbocycles. The number of nitrogen functional groups attached to an aromatic ring is 1. The van der Waals surface area contributed by atoms with Gasteiger partial charge in [-0.15, -0.1) is 0 Å². The maximum Gasteiger partial charge on any atom is 0.293 e. The Morgan fingerprint density at radius 3 is 2.62 bits per heavy atom. The van der Waals surface area contributed by atoms with Crippen molar-refractivity contribution in [3.63, 3.8) is 0 Å². The molecule has 0 aromatic heterocycles. The average Bonchev–Trinajstić information content (AvgIpc) is 2.37. The molecule has 0 aliphatic rings. The van der Waals surface area contributed by atoms with Crippen LogP contribution in [0.5, 0.6) is 0 Å². The van der Waals surface area contributed by atoms with Crippen molar-refractivity contribution in [2.45, 2.75) is 33.3 Å². The number of aliphatic hydroxyl groups is 1. The Morgan fingerprint density at radius 2 is 2.10 bits per heavy atom. The van der Waals surface area contributed by atoms with E-state index in [9.17, 15) is 20.0 Å². The molecule has 0 aliphatic heterocycles. The number of aliphatic hydroxyl groups excluding tert-OH is 1. The highest BCUT2D eigenvalue weighted by atomic mass is 16.6. The number of amides is 1. The van der Waals surface area contributed by atoms with E-state index in [2.05, 4.69) is 5.32 Å². The molecule has 1 rings (SSSR count). The van der Waals surface area contributed by atoms with E-state index in [0.717, 1.165) is 0 Å². The molecule has 1 amide bonds. The van der Waals surface area contributed by atoms with Gasteiger partial charge in [-0.1, -0.05) is 13.8 Å². The molecule has 0 heterocycles. The monoisotopic (exact) mass is 295 g/mol. The number of carbonyl (C=O) groups is 1. The topological polar surface area (TPSA) is 118 Å². The molecule has 1 unspecified atom stereocenters. The average molecular weight is 295 g/mol. The Hall–Kier alpha value is -2.15. The molecular formula is C14H21N3O4. The van der Waals surface area contributed by atoms with Gasteiger partial charge in [-0.05, 0) is 30.9 Å². The number of benzene rings is 1. The fourth-order valence-corrected chi connectivity index (χ4v) is 2.05. The van der Waals surface area contributed by atoms with Crippen LogP contribution in [0.2, 0.25) is 0 Å². The third-order valence-electron chi connectivity index (χ3n) is 2.99. The van der Waals surface area contributed by atoms with E-state index in [-0.39, 0.29) is 23.5 Å². The number of nitrogens with one attached hydrogen (secondary N) is 1.